The van der Waals surface area contributed by atoms with E-state index in [0.29, 0.717) is 17.2 Å². The van der Waals surface area contributed by atoms with E-state index >= 15 is 0 Å². The molecule has 1 atom stereocenters. The van der Waals surface area contributed by atoms with Crippen LogP contribution in [-0.4, -0.2) is 5.97 Å². The largest absolute Gasteiger partial charge is 0.424 e. The SMILES string of the molecule is CCc1ccc(OC(=O)C2(c3ccc(CC(C)CC)cc3)CCCCC2)c(C#N)c1. The molecule has 0 spiro atoms. The molecule has 30 heavy (non-hydrogen) atoms. The Labute approximate surface area is 181 Å². The van der Waals surface area contributed by atoms with Gasteiger partial charge in [-0.1, -0.05) is 76.8 Å². The fourth-order valence-corrected chi connectivity index (χ4v) is 4.44. The number of benzene rings is 2. The number of carbonyl (C=O) groups excluding carboxylic acids is 1. The Hall–Kier alpha value is -2.60. The average Bonchev–Trinajstić information content (AvgIpc) is 2.80. The van der Waals surface area contributed by atoms with Crippen molar-refractivity contribution in [3.63, 3.8) is 0 Å². The molecule has 0 saturated heterocycles. The second-order valence-electron chi connectivity index (χ2n) is 8.74. The van der Waals surface area contributed by atoms with E-state index in [1.807, 2.05) is 19.1 Å². The molecule has 3 rings (SSSR count). The molecule has 2 aromatic rings. The number of esters is 1. The first-order valence-corrected chi connectivity index (χ1v) is 11.4. The lowest BCUT2D eigenvalue weighted by Crippen LogP contribution is -2.41. The van der Waals surface area contributed by atoms with E-state index in [2.05, 4.69) is 44.2 Å². The predicted molar refractivity (Wildman–Crippen MR) is 121 cm³/mol. The molecule has 0 bridgehead atoms. The number of nitrogens with zero attached hydrogens (tertiary/aromatic N) is 1. The van der Waals surface area contributed by atoms with Gasteiger partial charge in [0.1, 0.15) is 11.8 Å². The fourth-order valence-electron chi connectivity index (χ4n) is 4.44. The Morgan fingerprint density at radius 3 is 2.33 bits per heavy atom. The molecule has 158 valence electrons. The fraction of sp³-hybridized carbons (Fsp3) is 0.481. The lowest BCUT2D eigenvalue weighted by molar-refractivity contribution is -0.142. The van der Waals surface area contributed by atoms with Crippen molar-refractivity contribution < 1.29 is 9.53 Å². The maximum atomic E-state index is 13.5. The molecule has 0 heterocycles. The zero-order chi connectivity index (χ0) is 21.6. The molecular formula is C27H33NO2. The Morgan fingerprint density at radius 1 is 1.07 bits per heavy atom. The van der Waals surface area contributed by atoms with Gasteiger partial charge >= 0.3 is 5.97 Å². The van der Waals surface area contributed by atoms with Gasteiger partial charge in [0, 0.05) is 0 Å². The monoisotopic (exact) mass is 403 g/mol. The van der Waals surface area contributed by atoms with Crippen molar-refractivity contribution in [2.75, 3.05) is 0 Å². The molecule has 0 aliphatic heterocycles. The molecular weight excluding hydrogens is 370 g/mol. The van der Waals surface area contributed by atoms with Crippen molar-refractivity contribution in [1.29, 1.82) is 5.26 Å². The highest BCUT2D eigenvalue weighted by Crippen LogP contribution is 2.41. The Morgan fingerprint density at radius 2 is 1.73 bits per heavy atom. The molecule has 1 fully saturated rings. The van der Waals surface area contributed by atoms with Crippen molar-refractivity contribution in [2.24, 2.45) is 5.92 Å². The van der Waals surface area contributed by atoms with Crippen molar-refractivity contribution in [1.82, 2.24) is 0 Å². The highest BCUT2D eigenvalue weighted by atomic mass is 16.5. The summed E-state index contributed by atoms with van der Waals surface area (Å²) in [6.07, 6.45) is 7.84. The van der Waals surface area contributed by atoms with E-state index in [0.717, 1.165) is 62.5 Å². The number of rotatable bonds is 7. The minimum Gasteiger partial charge on any atom is -0.424 e. The molecule has 1 saturated carbocycles. The summed E-state index contributed by atoms with van der Waals surface area (Å²) in [4.78, 5) is 13.5. The number of hydrogen-bond acceptors (Lipinski definition) is 3. The average molecular weight is 404 g/mol. The first kappa shape index (κ1) is 22.1. The van der Waals surface area contributed by atoms with Crippen molar-refractivity contribution in [3.8, 4) is 11.8 Å². The second-order valence-corrected chi connectivity index (χ2v) is 8.74. The van der Waals surface area contributed by atoms with E-state index in [-0.39, 0.29) is 5.97 Å². The normalized spacial score (nSPS) is 16.5. The summed E-state index contributed by atoms with van der Waals surface area (Å²) in [6.45, 7) is 6.53. The van der Waals surface area contributed by atoms with Crippen LogP contribution in [0.1, 0.15) is 81.5 Å². The van der Waals surface area contributed by atoms with Gasteiger partial charge in [-0.2, -0.15) is 5.26 Å². The standard InChI is InChI=1S/C27H33NO2/c1-4-20(3)17-22-9-12-24(13-10-22)27(15-7-6-8-16-27)26(29)30-25-14-11-21(5-2)18-23(25)19-28/h9-14,18,20H,4-8,15-17H2,1-3H3. The van der Waals surface area contributed by atoms with Gasteiger partial charge in [-0.25, -0.2) is 0 Å². The third kappa shape index (κ3) is 4.75. The van der Waals surface area contributed by atoms with E-state index in [1.54, 1.807) is 6.07 Å². The van der Waals surface area contributed by atoms with Crippen LogP contribution in [0.5, 0.6) is 5.75 Å². The lowest BCUT2D eigenvalue weighted by Gasteiger charge is -2.35. The van der Waals surface area contributed by atoms with Gasteiger partial charge in [0.15, 0.2) is 0 Å². The first-order chi connectivity index (χ1) is 14.5. The molecule has 3 nitrogen and oxygen atoms in total. The summed E-state index contributed by atoms with van der Waals surface area (Å²) < 4.78 is 5.88. The molecule has 0 amide bonds. The van der Waals surface area contributed by atoms with Crippen LogP contribution in [0.25, 0.3) is 0 Å². The molecule has 0 N–H and O–H groups in total. The van der Waals surface area contributed by atoms with Crippen LogP contribution in [0.3, 0.4) is 0 Å². The topological polar surface area (TPSA) is 50.1 Å². The van der Waals surface area contributed by atoms with Crippen LogP contribution in [-0.2, 0) is 23.1 Å². The van der Waals surface area contributed by atoms with Gasteiger partial charge in [-0.05, 0) is 60.4 Å². The van der Waals surface area contributed by atoms with Crippen molar-refractivity contribution >= 4 is 5.97 Å². The number of carbonyl (C=O) groups is 1. The predicted octanol–water partition coefficient (Wildman–Crippen LogP) is 6.52. The summed E-state index contributed by atoms with van der Waals surface area (Å²) in [7, 11) is 0. The van der Waals surface area contributed by atoms with E-state index in [1.165, 1.54) is 5.56 Å². The lowest BCUT2D eigenvalue weighted by atomic mass is 9.69. The number of ether oxygens (including phenoxy) is 1. The van der Waals surface area contributed by atoms with Crippen LogP contribution in [0.4, 0.5) is 0 Å². The van der Waals surface area contributed by atoms with E-state index in [9.17, 15) is 10.1 Å². The third-order valence-electron chi connectivity index (χ3n) is 6.66. The van der Waals surface area contributed by atoms with E-state index in [4.69, 9.17) is 4.74 Å². The molecule has 1 aliphatic carbocycles. The van der Waals surface area contributed by atoms with Gasteiger partial charge in [0.2, 0.25) is 0 Å². The Bertz CT molecular complexity index is 901. The highest BCUT2D eigenvalue weighted by Gasteiger charge is 2.43. The maximum absolute atomic E-state index is 13.5. The van der Waals surface area contributed by atoms with Crippen LogP contribution in [0, 0.1) is 17.2 Å². The van der Waals surface area contributed by atoms with Gasteiger partial charge in [0.25, 0.3) is 0 Å². The summed E-state index contributed by atoms with van der Waals surface area (Å²) >= 11 is 0. The molecule has 0 radical (unpaired) electrons. The summed E-state index contributed by atoms with van der Waals surface area (Å²) in [5, 5.41) is 9.52. The van der Waals surface area contributed by atoms with Crippen LogP contribution in [0.15, 0.2) is 42.5 Å². The quantitative estimate of drug-likeness (QED) is 0.391. The van der Waals surface area contributed by atoms with Crippen molar-refractivity contribution in [3.05, 3.63) is 64.7 Å². The maximum Gasteiger partial charge on any atom is 0.321 e. The van der Waals surface area contributed by atoms with Crippen molar-refractivity contribution in [2.45, 2.75) is 77.6 Å². The smallest absolute Gasteiger partial charge is 0.321 e. The zero-order valence-electron chi connectivity index (χ0n) is 18.5. The second kappa shape index (κ2) is 9.94. The molecule has 3 heteroatoms. The molecule has 0 aromatic heterocycles. The van der Waals surface area contributed by atoms with Crippen LogP contribution >= 0.6 is 0 Å². The summed E-state index contributed by atoms with van der Waals surface area (Å²) in [5.41, 5.74) is 3.23. The Kier molecular flexibility index (Phi) is 7.32. The number of aryl methyl sites for hydroxylation is 1. The van der Waals surface area contributed by atoms with Crippen LogP contribution in [0.2, 0.25) is 0 Å². The van der Waals surface area contributed by atoms with Gasteiger partial charge in [-0.15, -0.1) is 0 Å². The zero-order valence-corrected chi connectivity index (χ0v) is 18.5. The number of nitriles is 1. The Balaban J connectivity index is 1.88. The van der Waals surface area contributed by atoms with Gasteiger partial charge in [-0.3, -0.25) is 4.79 Å². The minimum absolute atomic E-state index is 0.224. The third-order valence-corrected chi connectivity index (χ3v) is 6.66. The van der Waals surface area contributed by atoms with Crippen LogP contribution < -0.4 is 4.74 Å². The van der Waals surface area contributed by atoms with E-state index < -0.39 is 5.41 Å². The summed E-state index contributed by atoms with van der Waals surface area (Å²) in [6, 6.07) is 16.3. The molecule has 2 aromatic carbocycles. The van der Waals surface area contributed by atoms with Gasteiger partial charge < -0.3 is 4.74 Å². The first-order valence-electron chi connectivity index (χ1n) is 11.4. The highest BCUT2D eigenvalue weighted by molar-refractivity contribution is 5.85. The number of hydrogen-bond donors (Lipinski definition) is 0. The summed E-state index contributed by atoms with van der Waals surface area (Å²) in [5.74, 6) is 0.801. The minimum atomic E-state index is -0.622. The molecule has 1 aliphatic rings. The van der Waals surface area contributed by atoms with Gasteiger partial charge in [0.05, 0.1) is 11.0 Å². The molecule has 1 unspecified atom stereocenters.